The maximum atomic E-state index is 13.0. The fraction of sp³-hybridized carbons (Fsp3) is 0.391. The van der Waals surface area contributed by atoms with Crippen molar-refractivity contribution in [3.8, 4) is 0 Å². The molecule has 28 heavy (non-hydrogen) atoms. The van der Waals surface area contributed by atoms with E-state index in [0.29, 0.717) is 26.2 Å². The van der Waals surface area contributed by atoms with Gasteiger partial charge in [-0.1, -0.05) is 61.5 Å². The summed E-state index contributed by atoms with van der Waals surface area (Å²) in [5.74, 6) is -0.0832. The predicted molar refractivity (Wildman–Crippen MR) is 109 cm³/mol. The quantitative estimate of drug-likeness (QED) is 0.693. The van der Waals surface area contributed by atoms with E-state index in [1.807, 2.05) is 41.0 Å². The molecule has 0 saturated carbocycles. The van der Waals surface area contributed by atoms with Crippen molar-refractivity contribution in [1.29, 1.82) is 0 Å². The molecule has 2 aromatic rings. The summed E-state index contributed by atoms with van der Waals surface area (Å²) >= 11 is 0. The molecule has 5 nitrogen and oxygen atoms in total. The fourth-order valence-electron chi connectivity index (χ4n) is 3.73. The van der Waals surface area contributed by atoms with Crippen LogP contribution in [0.2, 0.25) is 0 Å². The fourth-order valence-corrected chi connectivity index (χ4v) is 3.73. The highest BCUT2D eigenvalue weighted by atomic mass is 16.5. The van der Waals surface area contributed by atoms with Crippen molar-refractivity contribution in [3.63, 3.8) is 0 Å². The standard InChI is InChI=1S/C23H28N2O3/c1-3-24(17-23(27)28-4-2)16-22(26)25-14-19-12-8-9-13-20(19)21(15-25)18-10-6-5-7-11-18/h5-13,21H,3-4,14-17H2,1-2H3. The van der Waals surface area contributed by atoms with Gasteiger partial charge in [-0.05, 0) is 30.2 Å². The van der Waals surface area contributed by atoms with Crippen LogP contribution in [0.4, 0.5) is 0 Å². The molecule has 0 radical (unpaired) electrons. The lowest BCUT2D eigenvalue weighted by atomic mass is 9.84. The normalized spacial score (nSPS) is 16.0. The van der Waals surface area contributed by atoms with Crippen LogP contribution in [0.3, 0.4) is 0 Å². The van der Waals surface area contributed by atoms with E-state index in [1.165, 1.54) is 16.7 Å². The monoisotopic (exact) mass is 380 g/mol. The lowest BCUT2D eigenvalue weighted by molar-refractivity contribution is -0.145. The maximum Gasteiger partial charge on any atom is 0.320 e. The van der Waals surface area contributed by atoms with Gasteiger partial charge in [0.25, 0.3) is 0 Å². The van der Waals surface area contributed by atoms with Crippen LogP contribution in [0.25, 0.3) is 0 Å². The third-order valence-corrected chi connectivity index (χ3v) is 5.21. The summed E-state index contributed by atoms with van der Waals surface area (Å²) in [7, 11) is 0. The Kier molecular flexibility index (Phi) is 6.82. The summed E-state index contributed by atoms with van der Waals surface area (Å²) in [6, 6.07) is 18.7. The Labute approximate surface area is 166 Å². The second kappa shape index (κ2) is 9.51. The first-order valence-corrected chi connectivity index (χ1v) is 9.90. The van der Waals surface area contributed by atoms with Gasteiger partial charge in [0.2, 0.25) is 5.91 Å². The van der Waals surface area contributed by atoms with E-state index in [-0.39, 0.29) is 30.9 Å². The highest BCUT2D eigenvalue weighted by molar-refractivity contribution is 5.80. The number of likely N-dealkylation sites (N-methyl/N-ethyl adjacent to an activating group) is 1. The zero-order chi connectivity index (χ0) is 19.9. The van der Waals surface area contributed by atoms with Crippen LogP contribution in [-0.2, 0) is 20.9 Å². The SMILES string of the molecule is CCOC(=O)CN(CC)CC(=O)N1Cc2ccccc2C(c2ccccc2)C1. The first-order valence-electron chi connectivity index (χ1n) is 9.90. The Bertz CT molecular complexity index is 807. The van der Waals surface area contributed by atoms with Crippen molar-refractivity contribution in [2.45, 2.75) is 26.3 Å². The van der Waals surface area contributed by atoms with Gasteiger partial charge in [0.15, 0.2) is 0 Å². The zero-order valence-electron chi connectivity index (χ0n) is 16.6. The Hall–Kier alpha value is -2.66. The van der Waals surface area contributed by atoms with E-state index in [2.05, 4.69) is 30.3 Å². The third-order valence-electron chi connectivity index (χ3n) is 5.21. The number of rotatable bonds is 7. The smallest absolute Gasteiger partial charge is 0.320 e. The lowest BCUT2D eigenvalue weighted by Crippen LogP contribution is -2.45. The van der Waals surface area contributed by atoms with Crippen LogP contribution >= 0.6 is 0 Å². The Morgan fingerprint density at radius 1 is 1.04 bits per heavy atom. The highest BCUT2D eigenvalue weighted by Gasteiger charge is 2.29. The van der Waals surface area contributed by atoms with Crippen molar-refractivity contribution < 1.29 is 14.3 Å². The molecule has 1 aliphatic rings. The lowest BCUT2D eigenvalue weighted by Gasteiger charge is -2.36. The number of fused-ring (bicyclic) bond motifs is 1. The van der Waals surface area contributed by atoms with E-state index in [4.69, 9.17) is 4.74 Å². The van der Waals surface area contributed by atoms with Crippen LogP contribution in [-0.4, -0.2) is 54.5 Å². The molecule has 2 aromatic carbocycles. The van der Waals surface area contributed by atoms with E-state index < -0.39 is 0 Å². The average molecular weight is 380 g/mol. The number of carbonyl (C=O) groups excluding carboxylic acids is 2. The number of ether oxygens (including phenoxy) is 1. The van der Waals surface area contributed by atoms with Crippen molar-refractivity contribution >= 4 is 11.9 Å². The Morgan fingerprint density at radius 3 is 2.46 bits per heavy atom. The summed E-state index contributed by atoms with van der Waals surface area (Å²) in [4.78, 5) is 28.5. The number of benzene rings is 2. The largest absolute Gasteiger partial charge is 0.465 e. The van der Waals surface area contributed by atoms with Crippen molar-refractivity contribution in [2.24, 2.45) is 0 Å². The van der Waals surface area contributed by atoms with Gasteiger partial charge in [-0.25, -0.2) is 0 Å². The first-order chi connectivity index (χ1) is 13.6. The van der Waals surface area contributed by atoms with Crippen LogP contribution < -0.4 is 0 Å². The molecule has 0 spiro atoms. The molecule has 0 fully saturated rings. The molecule has 5 heteroatoms. The van der Waals surface area contributed by atoms with Gasteiger partial charge in [0.05, 0.1) is 19.7 Å². The summed E-state index contributed by atoms with van der Waals surface area (Å²) in [5, 5.41) is 0. The first kappa shape index (κ1) is 20.1. The molecule has 0 aromatic heterocycles. The highest BCUT2D eigenvalue weighted by Crippen LogP contribution is 2.33. The molecule has 1 amide bonds. The average Bonchev–Trinajstić information content (AvgIpc) is 2.73. The predicted octanol–water partition coefficient (Wildman–Crippen LogP) is 3.05. The van der Waals surface area contributed by atoms with E-state index in [1.54, 1.807) is 6.92 Å². The van der Waals surface area contributed by atoms with Crippen LogP contribution in [0.5, 0.6) is 0 Å². The van der Waals surface area contributed by atoms with Crippen LogP contribution in [0.1, 0.15) is 36.5 Å². The summed E-state index contributed by atoms with van der Waals surface area (Å²) < 4.78 is 5.02. The van der Waals surface area contributed by atoms with Crippen molar-refractivity contribution in [3.05, 3.63) is 71.3 Å². The molecule has 1 aliphatic heterocycles. The topological polar surface area (TPSA) is 49.9 Å². The minimum Gasteiger partial charge on any atom is -0.465 e. The van der Waals surface area contributed by atoms with E-state index in [9.17, 15) is 9.59 Å². The minimum atomic E-state index is -0.289. The summed E-state index contributed by atoms with van der Waals surface area (Å²) in [5.41, 5.74) is 3.69. The van der Waals surface area contributed by atoms with Crippen LogP contribution in [0.15, 0.2) is 54.6 Å². The molecule has 0 aliphatic carbocycles. The van der Waals surface area contributed by atoms with Crippen molar-refractivity contribution in [1.82, 2.24) is 9.80 Å². The molecule has 0 saturated heterocycles. The van der Waals surface area contributed by atoms with Gasteiger partial charge in [-0.2, -0.15) is 0 Å². The maximum absolute atomic E-state index is 13.0. The number of hydrogen-bond acceptors (Lipinski definition) is 4. The molecule has 1 atom stereocenters. The third kappa shape index (κ3) is 4.78. The number of amides is 1. The second-order valence-electron chi connectivity index (χ2n) is 7.04. The van der Waals surface area contributed by atoms with Gasteiger partial charge in [-0.15, -0.1) is 0 Å². The molecule has 1 heterocycles. The number of carbonyl (C=O) groups is 2. The van der Waals surface area contributed by atoms with Gasteiger partial charge >= 0.3 is 5.97 Å². The van der Waals surface area contributed by atoms with Gasteiger partial charge in [0, 0.05) is 19.0 Å². The minimum absolute atomic E-state index is 0.0431. The van der Waals surface area contributed by atoms with Gasteiger partial charge < -0.3 is 9.64 Å². The second-order valence-corrected chi connectivity index (χ2v) is 7.04. The Balaban J connectivity index is 1.75. The van der Waals surface area contributed by atoms with Gasteiger partial charge in [0.1, 0.15) is 0 Å². The van der Waals surface area contributed by atoms with E-state index in [0.717, 1.165) is 0 Å². The van der Waals surface area contributed by atoms with E-state index >= 15 is 0 Å². The number of nitrogens with zero attached hydrogens (tertiary/aromatic N) is 2. The zero-order valence-corrected chi connectivity index (χ0v) is 16.6. The molecule has 3 rings (SSSR count). The number of hydrogen-bond donors (Lipinski definition) is 0. The molecular formula is C23H28N2O3. The van der Waals surface area contributed by atoms with Crippen LogP contribution in [0, 0.1) is 0 Å². The molecule has 1 unspecified atom stereocenters. The summed E-state index contributed by atoms with van der Waals surface area (Å²) in [6.45, 7) is 6.33. The molecule has 0 bridgehead atoms. The van der Waals surface area contributed by atoms with Gasteiger partial charge in [-0.3, -0.25) is 14.5 Å². The molecular weight excluding hydrogens is 352 g/mol. The molecule has 0 N–H and O–H groups in total. The number of esters is 1. The molecule has 148 valence electrons. The Morgan fingerprint density at radius 2 is 1.75 bits per heavy atom. The van der Waals surface area contributed by atoms with Crippen molar-refractivity contribution in [2.75, 3.05) is 32.8 Å². The summed E-state index contributed by atoms with van der Waals surface area (Å²) in [6.07, 6.45) is 0.